The molecule has 0 aliphatic heterocycles. The molecular weight excluding hydrogens is 364 g/mol. The van der Waals surface area contributed by atoms with Gasteiger partial charge >= 0.3 is 0 Å². The minimum atomic E-state index is -0.0288. The highest BCUT2D eigenvalue weighted by Crippen LogP contribution is 2.18. The number of rotatable bonds is 9. The topological polar surface area (TPSA) is 58.2 Å². The quantitative estimate of drug-likeness (QED) is 0.510. The van der Waals surface area contributed by atoms with E-state index < -0.39 is 0 Å². The van der Waals surface area contributed by atoms with E-state index in [2.05, 4.69) is 10.6 Å². The van der Waals surface area contributed by atoms with Crippen LogP contribution in [0.1, 0.15) is 11.1 Å². The summed E-state index contributed by atoms with van der Waals surface area (Å²) in [5.74, 6) is 0.693. The van der Waals surface area contributed by atoms with Crippen molar-refractivity contribution in [2.75, 3.05) is 24.6 Å². The van der Waals surface area contributed by atoms with Crippen molar-refractivity contribution in [3.05, 3.63) is 59.7 Å². The van der Waals surface area contributed by atoms with Crippen LogP contribution in [0, 0.1) is 13.8 Å². The van der Waals surface area contributed by atoms with E-state index in [1.54, 1.807) is 0 Å². The summed E-state index contributed by atoms with van der Waals surface area (Å²) < 4.78 is 0. The maximum atomic E-state index is 11.8. The largest absolute Gasteiger partial charge is 0.354 e. The molecule has 2 aromatic rings. The lowest BCUT2D eigenvalue weighted by Gasteiger charge is -2.07. The number of carbonyl (C=O) groups is 2. The fraction of sp³-hybridized carbons (Fsp3) is 0.300. The normalized spacial score (nSPS) is 10.4. The predicted molar refractivity (Wildman–Crippen MR) is 110 cm³/mol. The second-order valence-corrected chi connectivity index (χ2v) is 8.00. The molecule has 0 saturated carbocycles. The molecule has 26 heavy (non-hydrogen) atoms. The SMILES string of the molecule is Cc1ccc(SCC(=O)NCCNC(=O)CSc2ccc(C)cc2)cc1. The zero-order chi connectivity index (χ0) is 18.8. The monoisotopic (exact) mass is 388 g/mol. The standard InChI is InChI=1S/C20H24N2O2S2/c1-15-3-7-17(8-4-15)25-13-19(23)21-11-12-22-20(24)14-26-18-9-5-16(2)6-10-18/h3-10H,11-14H2,1-2H3,(H,21,23)(H,22,24). The summed E-state index contributed by atoms with van der Waals surface area (Å²) in [6, 6.07) is 16.2. The number of aryl methyl sites for hydroxylation is 2. The summed E-state index contributed by atoms with van der Waals surface area (Å²) in [5, 5.41) is 5.64. The number of hydrogen-bond donors (Lipinski definition) is 2. The van der Waals surface area contributed by atoms with Crippen LogP contribution in [0.2, 0.25) is 0 Å². The van der Waals surface area contributed by atoms with E-state index in [4.69, 9.17) is 0 Å². The van der Waals surface area contributed by atoms with Crippen LogP contribution in [0.5, 0.6) is 0 Å². The van der Waals surface area contributed by atoms with Gasteiger partial charge < -0.3 is 10.6 Å². The molecule has 0 aliphatic rings. The van der Waals surface area contributed by atoms with E-state index in [1.165, 1.54) is 34.7 Å². The first-order valence-electron chi connectivity index (χ1n) is 8.45. The number of thioether (sulfide) groups is 2. The first-order chi connectivity index (χ1) is 12.5. The molecule has 0 bridgehead atoms. The Hall–Kier alpha value is -1.92. The highest BCUT2D eigenvalue weighted by atomic mass is 32.2. The van der Waals surface area contributed by atoms with Gasteiger partial charge in [0.1, 0.15) is 0 Å². The second-order valence-electron chi connectivity index (χ2n) is 5.90. The fourth-order valence-corrected chi connectivity index (χ4v) is 3.53. The highest BCUT2D eigenvalue weighted by molar-refractivity contribution is 8.00. The summed E-state index contributed by atoms with van der Waals surface area (Å²) in [6.07, 6.45) is 0. The molecule has 2 aromatic carbocycles. The van der Waals surface area contributed by atoms with Crippen LogP contribution in [-0.4, -0.2) is 36.4 Å². The number of hydrogen-bond acceptors (Lipinski definition) is 4. The van der Waals surface area contributed by atoms with E-state index in [9.17, 15) is 9.59 Å². The van der Waals surface area contributed by atoms with Gasteiger partial charge in [-0.3, -0.25) is 9.59 Å². The predicted octanol–water partition coefficient (Wildman–Crippen LogP) is 3.42. The van der Waals surface area contributed by atoms with Crippen molar-refractivity contribution >= 4 is 35.3 Å². The van der Waals surface area contributed by atoms with Crippen LogP contribution in [-0.2, 0) is 9.59 Å². The molecule has 6 heteroatoms. The van der Waals surface area contributed by atoms with Gasteiger partial charge in [0.2, 0.25) is 11.8 Å². The molecule has 138 valence electrons. The van der Waals surface area contributed by atoms with Gasteiger partial charge in [0.25, 0.3) is 0 Å². The first-order valence-corrected chi connectivity index (χ1v) is 10.4. The van der Waals surface area contributed by atoms with Gasteiger partial charge in [-0.1, -0.05) is 35.4 Å². The van der Waals surface area contributed by atoms with Crippen molar-refractivity contribution in [2.45, 2.75) is 23.6 Å². The molecular formula is C20H24N2O2S2. The van der Waals surface area contributed by atoms with Crippen molar-refractivity contribution in [3.63, 3.8) is 0 Å². The van der Waals surface area contributed by atoms with E-state index >= 15 is 0 Å². The second kappa shape index (κ2) is 10.9. The third-order valence-electron chi connectivity index (χ3n) is 3.55. The minimum Gasteiger partial charge on any atom is -0.354 e. The van der Waals surface area contributed by atoms with Crippen molar-refractivity contribution < 1.29 is 9.59 Å². The third kappa shape index (κ3) is 7.97. The van der Waals surface area contributed by atoms with Gasteiger partial charge in [-0.2, -0.15) is 0 Å². The molecule has 0 fully saturated rings. The average Bonchev–Trinajstić information content (AvgIpc) is 2.64. The number of benzene rings is 2. The lowest BCUT2D eigenvalue weighted by Crippen LogP contribution is -2.36. The average molecular weight is 389 g/mol. The zero-order valence-corrected chi connectivity index (χ0v) is 16.7. The summed E-state index contributed by atoms with van der Waals surface area (Å²) in [7, 11) is 0. The number of carbonyl (C=O) groups excluding carboxylic acids is 2. The van der Waals surface area contributed by atoms with Crippen molar-refractivity contribution in [2.24, 2.45) is 0 Å². The van der Waals surface area contributed by atoms with Gasteiger partial charge in [0.15, 0.2) is 0 Å². The van der Waals surface area contributed by atoms with Gasteiger partial charge in [-0.25, -0.2) is 0 Å². The van der Waals surface area contributed by atoms with Crippen LogP contribution in [0.25, 0.3) is 0 Å². The van der Waals surface area contributed by atoms with Crippen molar-refractivity contribution in [1.82, 2.24) is 10.6 Å². The van der Waals surface area contributed by atoms with E-state index in [0.29, 0.717) is 24.6 Å². The molecule has 0 atom stereocenters. The van der Waals surface area contributed by atoms with Crippen LogP contribution < -0.4 is 10.6 Å². The zero-order valence-electron chi connectivity index (χ0n) is 15.1. The Kier molecular flexibility index (Phi) is 8.58. The maximum Gasteiger partial charge on any atom is 0.230 e. The van der Waals surface area contributed by atoms with Gasteiger partial charge in [0.05, 0.1) is 11.5 Å². The Bertz CT molecular complexity index is 652. The molecule has 0 heterocycles. The van der Waals surface area contributed by atoms with Gasteiger partial charge in [-0.05, 0) is 38.1 Å². The molecule has 0 unspecified atom stereocenters. The van der Waals surface area contributed by atoms with Crippen LogP contribution >= 0.6 is 23.5 Å². The molecule has 0 aliphatic carbocycles. The lowest BCUT2D eigenvalue weighted by molar-refractivity contribution is -0.120. The Morgan fingerprint density at radius 1 is 0.692 bits per heavy atom. The maximum absolute atomic E-state index is 11.8. The summed E-state index contributed by atoms with van der Waals surface area (Å²) >= 11 is 3.01. The van der Waals surface area contributed by atoms with Crippen LogP contribution in [0.15, 0.2) is 58.3 Å². The molecule has 0 aromatic heterocycles. The van der Waals surface area contributed by atoms with Crippen molar-refractivity contribution in [1.29, 1.82) is 0 Å². The molecule has 0 radical (unpaired) electrons. The number of amides is 2. The molecule has 0 saturated heterocycles. The minimum absolute atomic E-state index is 0.0288. The Morgan fingerprint density at radius 3 is 1.38 bits per heavy atom. The number of nitrogens with one attached hydrogen (secondary N) is 2. The van der Waals surface area contributed by atoms with Gasteiger partial charge in [0, 0.05) is 22.9 Å². The van der Waals surface area contributed by atoms with Gasteiger partial charge in [-0.15, -0.1) is 23.5 Å². The molecule has 2 amide bonds. The van der Waals surface area contributed by atoms with E-state index in [0.717, 1.165) is 9.79 Å². The van der Waals surface area contributed by atoms with Crippen LogP contribution in [0.3, 0.4) is 0 Å². The summed E-state index contributed by atoms with van der Waals surface area (Å²) in [6.45, 7) is 4.95. The van der Waals surface area contributed by atoms with E-state index in [1.807, 2.05) is 62.4 Å². The summed E-state index contributed by atoms with van der Waals surface area (Å²) in [4.78, 5) is 25.8. The molecule has 2 rings (SSSR count). The molecule has 2 N–H and O–H groups in total. The summed E-state index contributed by atoms with van der Waals surface area (Å²) in [5.41, 5.74) is 2.41. The van der Waals surface area contributed by atoms with E-state index in [-0.39, 0.29) is 11.8 Å². The van der Waals surface area contributed by atoms with Crippen LogP contribution in [0.4, 0.5) is 0 Å². The Balaban J connectivity index is 1.54. The first kappa shape index (κ1) is 20.4. The third-order valence-corrected chi connectivity index (χ3v) is 5.58. The molecule has 0 spiro atoms. The Labute approximate surface area is 163 Å². The lowest BCUT2D eigenvalue weighted by atomic mass is 10.2. The smallest absolute Gasteiger partial charge is 0.230 e. The Morgan fingerprint density at radius 2 is 1.04 bits per heavy atom. The molecule has 4 nitrogen and oxygen atoms in total. The fourth-order valence-electron chi connectivity index (χ4n) is 2.07. The van der Waals surface area contributed by atoms with Crippen molar-refractivity contribution in [3.8, 4) is 0 Å². The highest BCUT2D eigenvalue weighted by Gasteiger charge is 2.04.